The van der Waals surface area contributed by atoms with E-state index >= 15 is 0 Å². The largest absolute Gasteiger partial charge is 0.354 e. The van der Waals surface area contributed by atoms with Gasteiger partial charge in [0.05, 0.1) is 10.6 Å². The second-order valence-corrected chi connectivity index (χ2v) is 10.4. The zero-order valence-electron chi connectivity index (χ0n) is 21.0. The summed E-state index contributed by atoms with van der Waals surface area (Å²) < 4.78 is 42.8. The summed E-state index contributed by atoms with van der Waals surface area (Å²) in [6.07, 6.45) is 1.19. The Kier molecular flexibility index (Phi) is 9.79. The van der Waals surface area contributed by atoms with E-state index in [0.717, 1.165) is 22.4 Å². The maximum atomic E-state index is 14.8. The summed E-state index contributed by atoms with van der Waals surface area (Å²) in [6.45, 7) is 3.49. The minimum Gasteiger partial charge on any atom is -0.354 e. The van der Waals surface area contributed by atoms with Gasteiger partial charge in [0.25, 0.3) is 10.0 Å². The van der Waals surface area contributed by atoms with E-state index in [0.29, 0.717) is 13.0 Å². The number of carbonyl (C=O) groups is 2. The summed E-state index contributed by atoms with van der Waals surface area (Å²) in [6, 6.07) is 21.6. The summed E-state index contributed by atoms with van der Waals surface area (Å²) >= 11 is 0. The molecule has 9 heteroatoms. The SMILES string of the molecule is CCCNC(=O)[C@@H](C)N(CCc1ccccc1)C(=O)CN(c1ccccc1F)S(=O)(=O)c1ccccc1. The lowest BCUT2D eigenvalue weighted by Gasteiger charge is -2.32. The van der Waals surface area contributed by atoms with Crippen LogP contribution in [0.25, 0.3) is 0 Å². The molecule has 3 rings (SSSR count). The Hall–Kier alpha value is -3.72. The lowest BCUT2D eigenvalue weighted by molar-refractivity contribution is -0.138. The number of nitrogens with zero attached hydrogens (tertiary/aromatic N) is 2. The molecule has 0 unspecified atom stereocenters. The second kappa shape index (κ2) is 13.0. The molecule has 7 nitrogen and oxygen atoms in total. The van der Waals surface area contributed by atoms with Gasteiger partial charge in [-0.15, -0.1) is 0 Å². The highest BCUT2D eigenvalue weighted by Crippen LogP contribution is 2.26. The Morgan fingerprint density at radius 1 is 0.919 bits per heavy atom. The molecule has 1 N–H and O–H groups in total. The fraction of sp³-hybridized carbons (Fsp3) is 0.286. The van der Waals surface area contributed by atoms with E-state index in [2.05, 4.69) is 5.32 Å². The van der Waals surface area contributed by atoms with E-state index in [1.807, 2.05) is 37.3 Å². The van der Waals surface area contributed by atoms with Gasteiger partial charge in [0, 0.05) is 13.1 Å². The highest BCUT2D eigenvalue weighted by atomic mass is 32.2. The van der Waals surface area contributed by atoms with Crippen LogP contribution >= 0.6 is 0 Å². The molecule has 37 heavy (non-hydrogen) atoms. The molecule has 0 fully saturated rings. The van der Waals surface area contributed by atoms with Crippen molar-refractivity contribution >= 4 is 27.5 Å². The molecule has 196 valence electrons. The molecule has 0 saturated carbocycles. The van der Waals surface area contributed by atoms with Crippen LogP contribution in [0.15, 0.2) is 89.8 Å². The number of halogens is 1. The van der Waals surface area contributed by atoms with Crippen molar-refractivity contribution in [3.8, 4) is 0 Å². The monoisotopic (exact) mass is 525 g/mol. The molecule has 2 amide bonds. The van der Waals surface area contributed by atoms with Crippen molar-refractivity contribution in [3.05, 3.63) is 96.3 Å². The highest BCUT2D eigenvalue weighted by molar-refractivity contribution is 7.92. The topological polar surface area (TPSA) is 86.8 Å². The van der Waals surface area contributed by atoms with Gasteiger partial charge in [-0.3, -0.25) is 13.9 Å². The van der Waals surface area contributed by atoms with Crippen LogP contribution in [0.2, 0.25) is 0 Å². The van der Waals surface area contributed by atoms with Crippen LogP contribution in [0.5, 0.6) is 0 Å². The fourth-order valence-electron chi connectivity index (χ4n) is 3.85. The predicted octanol–water partition coefficient (Wildman–Crippen LogP) is 4.01. The Labute approximate surface area is 218 Å². The zero-order chi connectivity index (χ0) is 26.8. The first kappa shape index (κ1) is 27.9. The number of hydrogen-bond acceptors (Lipinski definition) is 4. The molecule has 0 spiro atoms. The normalized spacial score (nSPS) is 12.0. The van der Waals surface area contributed by atoms with Gasteiger partial charge in [0.15, 0.2) is 0 Å². The van der Waals surface area contributed by atoms with Crippen molar-refractivity contribution in [1.29, 1.82) is 0 Å². The zero-order valence-corrected chi connectivity index (χ0v) is 21.8. The molecular formula is C28H32FN3O4S. The molecule has 0 saturated heterocycles. The Morgan fingerprint density at radius 2 is 1.51 bits per heavy atom. The van der Waals surface area contributed by atoms with Crippen molar-refractivity contribution in [1.82, 2.24) is 10.2 Å². The van der Waals surface area contributed by atoms with Gasteiger partial charge < -0.3 is 10.2 Å². The number of sulfonamides is 1. The van der Waals surface area contributed by atoms with Crippen molar-refractivity contribution < 1.29 is 22.4 Å². The Balaban J connectivity index is 1.96. The number of benzene rings is 3. The molecule has 0 aliphatic carbocycles. The molecule has 1 atom stereocenters. The van der Waals surface area contributed by atoms with E-state index in [4.69, 9.17) is 0 Å². The van der Waals surface area contributed by atoms with Gasteiger partial charge in [-0.05, 0) is 49.6 Å². The van der Waals surface area contributed by atoms with Crippen LogP contribution < -0.4 is 9.62 Å². The summed E-state index contributed by atoms with van der Waals surface area (Å²) in [5, 5.41) is 2.79. The van der Waals surface area contributed by atoms with Crippen LogP contribution in [-0.4, -0.2) is 50.8 Å². The Morgan fingerprint density at radius 3 is 2.14 bits per heavy atom. The van der Waals surface area contributed by atoms with Gasteiger partial charge in [-0.1, -0.05) is 67.6 Å². The van der Waals surface area contributed by atoms with Gasteiger partial charge in [0.1, 0.15) is 18.4 Å². The van der Waals surface area contributed by atoms with Crippen LogP contribution in [-0.2, 0) is 26.0 Å². The molecular weight excluding hydrogens is 493 g/mol. The molecule has 0 aromatic heterocycles. The third-order valence-electron chi connectivity index (χ3n) is 5.93. The highest BCUT2D eigenvalue weighted by Gasteiger charge is 2.33. The first-order chi connectivity index (χ1) is 17.8. The molecule has 0 radical (unpaired) electrons. The molecule has 0 aliphatic rings. The number of amides is 2. The standard InChI is InChI=1S/C28H32FN3O4S/c1-3-19-30-28(34)22(2)31(20-18-23-12-6-4-7-13-23)27(33)21-32(26-17-11-10-16-25(26)29)37(35,36)24-14-8-5-9-15-24/h4-17,22H,3,18-21H2,1-2H3,(H,30,34)/t22-/m1/s1. The van der Waals surface area contributed by atoms with Crippen molar-refractivity contribution in [2.45, 2.75) is 37.6 Å². The third kappa shape index (κ3) is 7.16. The summed E-state index contributed by atoms with van der Waals surface area (Å²) in [5.41, 5.74) is 0.718. The number of carbonyl (C=O) groups excluding carboxylic acids is 2. The van der Waals surface area contributed by atoms with E-state index < -0.39 is 34.3 Å². The maximum Gasteiger partial charge on any atom is 0.264 e. The third-order valence-corrected chi connectivity index (χ3v) is 7.71. The number of nitrogens with one attached hydrogen (secondary N) is 1. The smallest absolute Gasteiger partial charge is 0.264 e. The van der Waals surface area contributed by atoms with Gasteiger partial charge in [-0.2, -0.15) is 0 Å². The van der Waals surface area contributed by atoms with E-state index in [-0.39, 0.29) is 23.0 Å². The predicted molar refractivity (Wildman–Crippen MR) is 142 cm³/mol. The van der Waals surface area contributed by atoms with Gasteiger partial charge in [-0.25, -0.2) is 12.8 Å². The maximum absolute atomic E-state index is 14.8. The number of hydrogen-bond donors (Lipinski definition) is 1. The molecule has 3 aromatic carbocycles. The van der Waals surface area contributed by atoms with Gasteiger partial charge in [0.2, 0.25) is 11.8 Å². The minimum atomic E-state index is -4.29. The number of rotatable bonds is 12. The van der Waals surface area contributed by atoms with Crippen LogP contribution in [0, 0.1) is 5.82 Å². The van der Waals surface area contributed by atoms with Gasteiger partial charge >= 0.3 is 0 Å². The molecule has 0 bridgehead atoms. The van der Waals surface area contributed by atoms with Crippen LogP contribution in [0.1, 0.15) is 25.8 Å². The average molecular weight is 526 g/mol. The number of anilines is 1. The number of para-hydroxylation sites is 1. The second-order valence-electron chi connectivity index (χ2n) is 8.57. The van der Waals surface area contributed by atoms with Crippen molar-refractivity contribution in [2.75, 3.05) is 23.9 Å². The molecule has 3 aromatic rings. The van der Waals surface area contributed by atoms with Crippen LogP contribution in [0.4, 0.5) is 10.1 Å². The minimum absolute atomic E-state index is 0.0735. The lowest BCUT2D eigenvalue weighted by Crippen LogP contribution is -2.52. The van der Waals surface area contributed by atoms with Crippen LogP contribution in [0.3, 0.4) is 0 Å². The van der Waals surface area contributed by atoms with Crippen molar-refractivity contribution in [3.63, 3.8) is 0 Å². The molecule has 0 heterocycles. The van der Waals surface area contributed by atoms with Crippen molar-refractivity contribution in [2.24, 2.45) is 0 Å². The van der Waals surface area contributed by atoms with E-state index in [1.165, 1.54) is 35.2 Å². The quantitative estimate of drug-likeness (QED) is 0.387. The summed E-state index contributed by atoms with van der Waals surface area (Å²) in [5.74, 6) is -1.73. The first-order valence-corrected chi connectivity index (χ1v) is 13.6. The first-order valence-electron chi connectivity index (χ1n) is 12.2. The van der Waals surface area contributed by atoms with E-state index in [9.17, 15) is 22.4 Å². The average Bonchev–Trinajstić information content (AvgIpc) is 2.91. The fourth-order valence-corrected chi connectivity index (χ4v) is 5.30. The lowest BCUT2D eigenvalue weighted by atomic mass is 10.1. The van der Waals surface area contributed by atoms with E-state index in [1.54, 1.807) is 25.1 Å². The molecule has 0 aliphatic heterocycles. The summed E-state index contributed by atoms with van der Waals surface area (Å²) in [7, 11) is -4.29. The summed E-state index contributed by atoms with van der Waals surface area (Å²) in [4.78, 5) is 27.7. The Bertz CT molecular complexity index is 1290.